The van der Waals surface area contributed by atoms with Crippen molar-refractivity contribution in [3.8, 4) is 0 Å². The quantitative estimate of drug-likeness (QED) is 0.792. The van der Waals surface area contributed by atoms with Crippen LogP contribution in [0.15, 0.2) is 28.8 Å². The van der Waals surface area contributed by atoms with E-state index in [0.717, 1.165) is 37.5 Å². The maximum absolute atomic E-state index is 5.42. The molecule has 0 saturated carbocycles. The van der Waals surface area contributed by atoms with Gasteiger partial charge in [0.25, 0.3) is 0 Å². The molecule has 0 atom stereocenters. The molecular weight excluding hydrogens is 262 g/mol. The van der Waals surface area contributed by atoms with Gasteiger partial charge in [-0.3, -0.25) is 0 Å². The Morgan fingerprint density at radius 2 is 1.86 bits per heavy atom. The van der Waals surface area contributed by atoms with Gasteiger partial charge in [0.05, 0.1) is 12.2 Å². The Labute approximate surface area is 127 Å². The Morgan fingerprint density at radius 1 is 1.14 bits per heavy atom. The standard InChI is InChI=1S/C17H25N3O/c1-5-6-18-11-15-10-17(21-19-15)12-20(4)16-8-13(2)7-14(3)9-16/h7-10,18H,5-6,11-12H2,1-4H3. The van der Waals surface area contributed by atoms with Crippen LogP contribution in [0.5, 0.6) is 0 Å². The molecule has 0 aliphatic carbocycles. The third kappa shape index (κ3) is 4.60. The highest BCUT2D eigenvalue weighted by atomic mass is 16.5. The summed E-state index contributed by atoms with van der Waals surface area (Å²) in [6, 6.07) is 8.59. The maximum Gasteiger partial charge on any atom is 0.156 e. The van der Waals surface area contributed by atoms with Gasteiger partial charge < -0.3 is 14.7 Å². The van der Waals surface area contributed by atoms with Crippen molar-refractivity contribution in [1.29, 1.82) is 0 Å². The van der Waals surface area contributed by atoms with Crippen molar-refractivity contribution in [3.05, 3.63) is 46.8 Å². The molecule has 21 heavy (non-hydrogen) atoms. The first-order valence-electron chi connectivity index (χ1n) is 7.53. The topological polar surface area (TPSA) is 41.3 Å². The van der Waals surface area contributed by atoms with Crippen molar-refractivity contribution < 1.29 is 4.52 Å². The molecule has 1 aromatic carbocycles. The fourth-order valence-corrected chi connectivity index (χ4v) is 2.40. The van der Waals surface area contributed by atoms with Crippen LogP contribution in [0, 0.1) is 13.8 Å². The molecule has 0 spiro atoms. The largest absolute Gasteiger partial charge is 0.367 e. The molecule has 0 saturated heterocycles. The van der Waals surface area contributed by atoms with Gasteiger partial charge in [-0.05, 0) is 50.1 Å². The van der Waals surface area contributed by atoms with Crippen LogP contribution in [0.4, 0.5) is 5.69 Å². The lowest BCUT2D eigenvalue weighted by molar-refractivity contribution is 0.375. The van der Waals surface area contributed by atoms with Gasteiger partial charge in [-0.1, -0.05) is 18.1 Å². The molecule has 0 amide bonds. The van der Waals surface area contributed by atoms with Gasteiger partial charge in [0.1, 0.15) is 0 Å². The fourth-order valence-electron chi connectivity index (χ4n) is 2.40. The molecule has 2 aromatic rings. The molecule has 0 radical (unpaired) electrons. The summed E-state index contributed by atoms with van der Waals surface area (Å²) in [6.45, 7) is 8.89. The van der Waals surface area contributed by atoms with Crippen molar-refractivity contribution in [2.24, 2.45) is 0 Å². The monoisotopic (exact) mass is 287 g/mol. The molecule has 0 fully saturated rings. The first kappa shape index (κ1) is 15.6. The molecule has 0 aliphatic heterocycles. The van der Waals surface area contributed by atoms with Crippen LogP contribution in [0.25, 0.3) is 0 Å². The van der Waals surface area contributed by atoms with Crippen LogP contribution in [-0.2, 0) is 13.1 Å². The SMILES string of the molecule is CCCNCc1cc(CN(C)c2cc(C)cc(C)c2)on1. The zero-order valence-corrected chi connectivity index (χ0v) is 13.4. The maximum atomic E-state index is 5.42. The van der Waals surface area contributed by atoms with E-state index >= 15 is 0 Å². The molecule has 4 heteroatoms. The summed E-state index contributed by atoms with van der Waals surface area (Å²) in [4.78, 5) is 2.18. The highest BCUT2D eigenvalue weighted by Gasteiger charge is 2.08. The summed E-state index contributed by atoms with van der Waals surface area (Å²) in [5.41, 5.74) is 4.72. The molecule has 1 aromatic heterocycles. The Bertz CT molecular complexity index is 557. The van der Waals surface area contributed by atoms with E-state index in [1.165, 1.54) is 16.8 Å². The predicted octanol–water partition coefficient (Wildman–Crippen LogP) is 3.43. The van der Waals surface area contributed by atoms with Gasteiger partial charge in [-0.15, -0.1) is 0 Å². The van der Waals surface area contributed by atoms with Gasteiger partial charge >= 0.3 is 0 Å². The fraction of sp³-hybridized carbons (Fsp3) is 0.471. The molecular formula is C17H25N3O. The molecule has 0 aliphatic rings. The number of hydrogen-bond acceptors (Lipinski definition) is 4. The van der Waals surface area contributed by atoms with Crippen molar-refractivity contribution in [2.75, 3.05) is 18.5 Å². The summed E-state index contributed by atoms with van der Waals surface area (Å²) in [7, 11) is 2.08. The second kappa shape index (κ2) is 7.27. The average molecular weight is 287 g/mol. The summed E-state index contributed by atoms with van der Waals surface area (Å²) in [5, 5.41) is 7.43. The Hall–Kier alpha value is -1.81. The smallest absolute Gasteiger partial charge is 0.156 e. The highest BCUT2D eigenvalue weighted by molar-refractivity contribution is 5.50. The normalized spacial score (nSPS) is 10.9. The number of benzene rings is 1. The molecule has 2 rings (SSSR count). The molecule has 4 nitrogen and oxygen atoms in total. The van der Waals surface area contributed by atoms with E-state index in [4.69, 9.17) is 4.52 Å². The first-order valence-corrected chi connectivity index (χ1v) is 7.53. The van der Waals surface area contributed by atoms with E-state index in [2.05, 4.69) is 61.4 Å². The van der Waals surface area contributed by atoms with Gasteiger partial charge in [-0.2, -0.15) is 0 Å². The second-order valence-electron chi connectivity index (χ2n) is 5.66. The molecule has 1 N–H and O–H groups in total. The van der Waals surface area contributed by atoms with Gasteiger partial charge in [-0.25, -0.2) is 0 Å². The second-order valence-corrected chi connectivity index (χ2v) is 5.66. The summed E-state index contributed by atoms with van der Waals surface area (Å²) < 4.78 is 5.42. The lowest BCUT2D eigenvalue weighted by atomic mass is 10.1. The summed E-state index contributed by atoms with van der Waals surface area (Å²) in [5.74, 6) is 0.893. The lowest BCUT2D eigenvalue weighted by Gasteiger charge is -2.18. The van der Waals surface area contributed by atoms with Crippen LogP contribution in [0.3, 0.4) is 0 Å². The van der Waals surface area contributed by atoms with E-state index in [9.17, 15) is 0 Å². The first-order chi connectivity index (χ1) is 10.1. The zero-order chi connectivity index (χ0) is 15.2. The molecule has 0 bridgehead atoms. The number of nitrogens with zero attached hydrogens (tertiary/aromatic N) is 2. The Balaban J connectivity index is 1.97. The van der Waals surface area contributed by atoms with Crippen LogP contribution >= 0.6 is 0 Å². The zero-order valence-electron chi connectivity index (χ0n) is 13.4. The van der Waals surface area contributed by atoms with Crippen LogP contribution < -0.4 is 10.2 Å². The molecule has 1 heterocycles. The predicted molar refractivity (Wildman–Crippen MR) is 86.5 cm³/mol. The van der Waals surface area contributed by atoms with E-state index in [-0.39, 0.29) is 0 Å². The third-order valence-corrected chi connectivity index (χ3v) is 3.38. The van der Waals surface area contributed by atoms with E-state index in [0.29, 0.717) is 0 Å². The lowest BCUT2D eigenvalue weighted by Crippen LogP contribution is -2.16. The number of nitrogens with one attached hydrogen (secondary N) is 1. The highest BCUT2D eigenvalue weighted by Crippen LogP contribution is 2.19. The van der Waals surface area contributed by atoms with E-state index < -0.39 is 0 Å². The number of hydrogen-bond donors (Lipinski definition) is 1. The van der Waals surface area contributed by atoms with Crippen molar-refractivity contribution in [2.45, 2.75) is 40.3 Å². The van der Waals surface area contributed by atoms with E-state index in [1.54, 1.807) is 0 Å². The van der Waals surface area contributed by atoms with Gasteiger partial charge in [0.2, 0.25) is 0 Å². The van der Waals surface area contributed by atoms with Crippen molar-refractivity contribution >= 4 is 5.69 Å². The molecule has 0 unspecified atom stereocenters. The summed E-state index contributed by atoms with van der Waals surface area (Å²) >= 11 is 0. The third-order valence-electron chi connectivity index (χ3n) is 3.38. The number of anilines is 1. The summed E-state index contributed by atoms with van der Waals surface area (Å²) in [6.07, 6.45) is 1.13. The van der Waals surface area contributed by atoms with E-state index in [1.807, 2.05) is 6.07 Å². The van der Waals surface area contributed by atoms with Crippen LogP contribution in [0.1, 0.15) is 35.9 Å². The van der Waals surface area contributed by atoms with Crippen molar-refractivity contribution in [1.82, 2.24) is 10.5 Å². The number of aromatic nitrogens is 1. The minimum absolute atomic E-state index is 0.726. The minimum Gasteiger partial charge on any atom is -0.367 e. The van der Waals surface area contributed by atoms with Gasteiger partial charge in [0, 0.05) is 25.3 Å². The van der Waals surface area contributed by atoms with Crippen LogP contribution in [-0.4, -0.2) is 18.7 Å². The minimum atomic E-state index is 0.726. The van der Waals surface area contributed by atoms with Gasteiger partial charge in [0.15, 0.2) is 5.76 Å². The van der Waals surface area contributed by atoms with Crippen molar-refractivity contribution in [3.63, 3.8) is 0 Å². The van der Waals surface area contributed by atoms with Crippen LogP contribution in [0.2, 0.25) is 0 Å². The Kier molecular flexibility index (Phi) is 5.39. The average Bonchev–Trinajstić information content (AvgIpc) is 2.85. The Morgan fingerprint density at radius 3 is 2.52 bits per heavy atom. The molecule has 114 valence electrons. The number of aryl methyl sites for hydroxylation is 2. The number of rotatable bonds is 7.